The zero-order valence-electron chi connectivity index (χ0n) is 20.3. The lowest BCUT2D eigenvalue weighted by Crippen LogP contribution is -2.44. The maximum Gasteiger partial charge on any atom is 0.256 e. The Labute approximate surface area is 210 Å². The van der Waals surface area contributed by atoms with Crippen molar-refractivity contribution in [2.24, 2.45) is 0 Å². The molecule has 0 aliphatic carbocycles. The molecule has 3 amide bonds. The second-order valence-corrected chi connectivity index (χ2v) is 9.09. The van der Waals surface area contributed by atoms with Crippen LogP contribution in [0.25, 0.3) is 0 Å². The van der Waals surface area contributed by atoms with Crippen molar-refractivity contribution in [3.63, 3.8) is 0 Å². The molecule has 36 heavy (non-hydrogen) atoms. The van der Waals surface area contributed by atoms with Gasteiger partial charge in [0.1, 0.15) is 11.8 Å². The minimum Gasteiger partial charge on any atom is -0.491 e. The Morgan fingerprint density at radius 2 is 1.75 bits per heavy atom. The highest BCUT2D eigenvalue weighted by atomic mass is 16.5. The molecule has 0 radical (unpaired) electrons. The van der Waals surface area contributed by atoms with E-state index in [0.29, 0.717) is 54.4 Å². The number of fused-ring (bicyclic) bond motifs is 2. The summed E-state index contributed by atoms with van der Waals surface area (Å²) in [4.78, 5) is 42.9. The Kier molecular flexibility index (Phi) is 6.71. The van der Waals surface area contributed by atoms with Gasteiger partial charge >= 0.3 is 0 Å². The van der Waals surface area contributed by atoms with Gasteiger partial charge in [0.15, 0.2) is 0 Å². The molecule has 1 fully saturated rings. The second kappa shape index (κ2) is 10.2. The Hall–Kier alpha value is -4.13. The van der Waals surface area contributed by atoms with Crippen molar-refractivity contribution in [3.05, 3.63) is 89.5 Å². The van der Waals surface area contributed by atoms with Crippen LogP contribution in [0.3, 0.4) is 0 Å². The molecule has 1 N–H and O–H groups in total. The Bertz CT molecular complexity index is 1290. The SMILES string of the molecule is CCCOc1ccccc1NC(=O)c1ccc(CN2C(=O)[C@H]3CCCN3C(=O)c3ccccc32)cc1. The molecule has 5 rings (SSSR count). The number of carbonyl (C=O) groups excluding carboxylic acids is 3. The minimum atomic E-state index is -0.426. The fourth-order valence-electron chi connectivity index (χ4n) is 4.82. The predicted octanol–water partition coefficient (Wildman–Crippen LogP) is 4.88. The maximum absolute atomic E-state index is 13.5. The fraction of sp³-hybridized carbons (Fsp3) is 0.276. The zero-order valence-corrected chi connectivity index (χ0v) is 20.3. The number of para-hydroxylation sites is 3. The lowest BCUT2D eigenvalue weighted by atomic mass is 10.1. The smallest absolute Gasteiger partial charge is 0.256 e. The van der Waals surface area contributed by atoms with Gasteiger partial charge in [-0.1, -0.05) is 43.3 Å². The molecule has 0 saturated carbocycles. The lowest BCUT2D eigenvalue weighted by Gasteiger charge is -2.26. The summed E-state index contributed by atoms with van der Waals surface area (Å²) in [6.07, 6.45) is 2.38. The first kappa shape index (κ1) is 23.6. The molecule has 1 atom stereocenters. The molecule has 7 heteroatoms. The largest absolute Gasteiger partial charge is 0.491 e. The number of rotatable bonds is 7. The number of benzene rings is 3. The van der Waals surface area contributed by atoms with E-state index >= 15 is 0 Å². The van der Waals surface area contributed by atoms with Gasteiger partial charge in [0, 0.05) is 12.1 Å². The molecule has 1 saturated heterocycles. The van der Waals surface area contributed by atoms with Crippen LogP contribution >= 0.6 is 0 Å². The summed E-state index contributed by atoms with van der Waals surface area (Å²) in [6.45, 7) is 3.53. The Morgan fingerprint density at radius 1 is 1.00 bits per heavy atom. The molecular formula is C29H29N3O4. The molecule has 0 aromatic heterocycles. The summed E-state index contributed by atoms with van der Waals surface area (Å²) in [5.41, 5.74) is 3.18. The summed E-state index contributed by atoms with van der Waals surface area (Å²) in [6, 6.07) is 21.4. The van der Waals surface area contributed by atoms with Gasteiger partial charge in [-0.05, 0) is 61.2 Å². The summed E-state index contributed by atoms with van der Waals surface area (Å²) in [5, 5.41) is 2.92. The molecule has 3 aromatic carbocycles. The monoisotopic (exact) mass is 483 g/mol. The van der Waals surface area contributed by atoms with E-state index in [1.54, 1.807) is 28.0 Å². The number of hydrogen-bond acceptors (Lipinski definition) is 4. The quantitative estimate of drug-likeness (QED) is 0.520. The third-order valence-electron chi connectivity index (χ3n) is 6.64. The number of carbonyl (C=O) groups is 3. The first-order valence-electron chi connectivity index (χ1n) is 12.4. The van der Waals surface area contributed by atoms with Gasteiger partial charge in [-0.3, -0.25) is 14.4 Å². The molecule has 0 bridgehead atoms. The van der Waals surface area contributed by atoms with Crippen LogP contribution in [0.1, 0.15) is 52.5 Å². The molecule has 184 valence electrons. The van der Waals surface area contributed by atoms with E-state index in [1.165, 1.54) is 0 Å². The van der Waals surface area contributed by atoms with E-state index in [9.17, 15) is 14.4 Å². The highest BCUT2D eigenvalue weighted by Gasteiger charge is 2.41. The van der Waals surface area contributed by atoms with Gasteiger partial charge < -0.3 is 19.9 Å². The zero-order chi connectivity index (χ0) is 25.1. The van der Waals surface area contributed by atoms with E-state index in [-0.39, 0.29) is 17.7 Å². The van der Waals surface area contributed by atoms with Crippen LogP contribution < -0.4 is 15.0 Å². The highest BCUT2D eigenvalue weighted by Crippen LogP contribution is 2.33. The van der Waals surface area contributed by atoms with Crippen molar-refractivity contribution in [2.45, 2.75) is 38.8 Å². The van der Waals surface area contributed by atoms with Crippen LogP contribution in [-0.4, -0.2) is 41.8 Å². The summed E-state index contributed by atoms with van der Waals surface area (Å²) in [7, 11) is 0. The Morgan fingerprint density at radius 3 is 2.56 bits per heavy atom. The van der Waals surface area contributed by atoms with Crippen LogP contribution in [0, 0.1) is 0 Å². The van der Waals surface area contributed by atoms with Crippen molar-refractivity contribution >= 4 is 29.1 Å². The predicted molar refractivity (Wildman–Crippen MR) is 138 cm³/mol. The molecule has 7 nitrogen and oxygen atoms in total. The topological polar surface area (TPSA) is 79.0 Å². The van der Waals surface area contributed by atoms with E-state index in [4.69, 9.17) is 4.74 Å². The van der Waals surface area contributed by atoms with E-state index < -0.39 is 6.04 Å². The van der Waals surface area contributed by atoms with Crippen LogP contribution in [0.5, 0.6) is 5.75 Å². The number of hydrogen-bond donors (Lipinski definition) is 1. The van der Waals surface area contributed by atoms with Gasteiger partial charge in [0.2, 0.25) is 5.91 Å². The van der Waals surface area contributed by atoms with Crippen LogP contribution in [-0.2, 0) is 11.3 Å². The van der Waals surface area contributed by atoms with E-state index in [0.717, 1.165) is 18.4 Å². The molecule has 3 aromatic rings. The first-order valence-corrected chi connectivity index (χ1v) is 12.4. The van der Waals surface area contributed by atoms with E-state index in [1.807, 2.05) is 61.5 Å². The van der Waals surface area contributed by atoms with Crippen molar-refractivity contribution in [1.82, 2.24) is 4.90 Å². The van der Waals surface area contributed by atoms with Gasteiger partial charge in [-0.2, -0.15) is 0 Å². The number of nitrogens with zero attached hydrogens (tertiary/aromatic N) is 2. The molecule has 2 aliphatic rings. The molecule has 0 unspecified atom stereocenters. The second-order valence-electron chi connectivity index (χ2n) is 9.09. The van der Waals surface area contributed by atoms with Crippen molar-refractivity contribution in [2.75, 3.05) is 23.4 Å². The van der Waals surface area contributed by atoms with Crippen molar-refractivity contribution < 1.29 is 19.1 Å². The van der Waals surface area contributed by atoms with Crippen molar-refractivity contribution in [3.8, 4) is 5.75 Å². The number of anilines is 2. The number of nitrogens with one attached hydrogen (secondary N) is 1. The maximum atomic E-state index is 13.5. The molecular weight excluding hydrogens is 454 g/mol. The average molecular weight is 484 g/mol. The van der Waals surface area contributed by atoms with Crippen LogP contribution in [0.4, 0.5) is 11.4 Å². The van der Waals surface area contributed by atoms with Gasteiger partial charge in [0.25, 0.3) is 11.8 Å². The number of ether oxygens (including phenoxy) is 1. The minimum absolute atomic E-state index is 0.0590. The third kappa shape index (κ3) is 4.56. The van der Waals surface area contributed by atoms with Crippen LogP contribution in [0.2, 0.25) is 0 Å². The van der Waals surface area contributed by atoms with Gasteiger partial charge in [-0.25, -0.2) is 0 Å². The highest BCUT2D eigenvalue weighted by molar-refractivity contribution is 6.11. The van der Waals surface area contributed by atoms with Gasteiger partial charge in [0.05, 0.1) is 30.1 Å². The number of amides is 3. The van der Waals surface area contributed by atoms with E-state index in [2.05, 4.69) is 5.32 Å². The standard InChI is InChI=1S/C29H29N3O4/c1-2-18-36-26-12-6-4-9-23(26)30-27(33)21-15-13-20(14-16-21)19-32-24-10-5-3-8-22(24)28(34)31-17-7-11-25(31)29(32)35/h3-6,8-10,12-16,25H,2,7,11,17-19H2,1H3,(H,30,33)/t25-/m1/s1. The summed E-state index contributed by atoms with van der Waals surface area (Å²) >= 11 is 0. The fourth-order valence-corrected chi connectivity index (χ4v) is 4.82. The van der Waals surface area contributed by atoms with Gasteiger partial charge in [-0.15, -0.1) is 0 Å². The molecule has 2 aliphatic heterocycles. The first-order chi connectivity index (χ1) is 17.6. The molecule has 0 spiro atoms. The summed E-state index contributed by atoms with van der Waals surface area (Å²) in [5.74, 6) is 0.256. The third-order valence-corrected chi connectivity index (χ3v) is 6.64. The average Bonchev–Trinajstić information content (AvgIpc) is 3.38. The molecule has 2 heterocycles. The summed E-state index contributed by atoms with van der Waals surface area (Å²) < 4.78 is 5.73. The normalized spacial score (nSPS) is 16.9. The Balaban J connectivity index is 1.35. The van der Waals surface area contributed by atoms with Crippen molar-refractivity contribution in [1.29, 1.82) is 0 Å². The van der Waals surface area contributed by atoms with Crippen LogP contribution in [0.15, 0.2) is 72.8 Å². The lowest BCUT2D eigenvalue weighted by molar-refractivity contribution is -0.122.